The Labute approximate surface area is 107 Å². The van der Waals surface area contributed by atoms with Gasteiger partial charge in [-0.2, -0.15) is 9.78 Å². The van der Waals surface area contributed by atoms with E-state index in [9.17, 15) is 14.4 Å². The van der Waals surface area contributed by atoms with Gasteiger partial charge >= 0.3 is 11.7 Å². The fourth-order valence-corrected chi connectivity index (χ4v) is 1.48. The first-order valence-corrected chi connectivity index (χ1v) is 5.43. The lowest BCUT2D eigenvalue weighted by molar-refractivity contribution is -0.131. The number of hydrogen-bond acceptors (Lipinski definition) is 5. The molecule has 1 heterocycles. The van der Waals surface area contributed by atoms with Crippen molar-refractivity contribution >= 4 is 5.97 Å². The van der Waals surface area contributed by atoms with Gasteiger partial charge in [0.15, 0.2) is 0 Å². The third-order valence-corrected chi connectivity index (χ3v) is 2.43. The number of esters is 1. The van der Waals surface area contributed by atoms with Crippen molar-refractivity contribution in [1.29, 1.82) is 0 Å². The van der Waals surface area contributed by atoms with Gasteiger partial charge in [-0.3, -0.25) is 14.2 Å². The van der Waals surface area contributed by atoms with Gasteiger partial charge in [0.1, 0.15) is 11.9 Å². The summed E-state index contributed by atoms with van der Waals surface area (Å²) < 4.78 is 6.91. The van der Waals surface area contributed by atoms with Gasteiger partial charge < -0.3 is 4.74 Å². The van der Waals surface area contributed by atoms with Crippen molar-refractivity contribution in [3.63, 3.8) is 0 Å². The molecule has 0 aliphatic carbocycles. The molecule has 0 fully saturated rings. The first kappa shape index (κ1) is 12.7. The number of carbonyl (C=O) groups excluding carboxylic acids is 1. The summed E-state index contributed by atoms with van der Waals surface area (Å²) in [5, 5.41) is 3.76. The number of hydrogen-bond donors (Lipinski definition) is 0. The molecule has 0 saturated carbocycles. The number of rotatable bonds is 2. The summed E-state index contributed by atoms with van der Waals surface area (Å²) >= 11 is 0. The van der Waals surface area contributed by atoms with Crippen LogP contribution in [0.1, 0.15) is 6.92 Å². The molecule has 2 aromatic rings. The molecule has 0 unspecified atom stereocenters. The largest absolute Gasteiger partial charge is 0.427 e. The fraction of sp³-hybridized carbons (Fsp3) is 0.167. The van der Waals surface area contributed by atoms with Crippen molar-refractivity contribution in [3.05, 3.63) is 51.3 Å². The van der Waals surface area contributed by atoms with E-state index in [1.807, 2.05) is 0 Å². The van der Waals surface area contributed by atoms with Gasteiger partial charge in [-0.05, 0) is 24.3 Å². The second kappa shape index (κ2) is 4.89. The fourth-order valence-electron chi connectivity index (χ4n) is 1.48. The predicted molar refractivity (Wildman–Crippen MR) is 66.4 cm³/mol. The Hall–Kier alpha value is -2.70. The van der Waals surface area contributed by atoms with E-state index >= 15 is 0 Å². The van der Waals surface area contributed by atoms with Gasteiger partial charge in [0.05, 0.1) is 5.69 Å². The maximum absolute atomic E-state index is 11.8. The Kier molecular flexibility index (Phi) is 3.28. The lowest BCUT2D eigenvalue weighted by Gasteiger charge is -2.06. The molecular formula is C12H11N3O4. The molecule has 0 bridgehead atoms. The number of nitrogens with zero attached hydrogens (tertiary/aromatic N) is 3. The van der Waals surface area contributed by atoms with Crippen molar-refractivity contribution < 1.29 is 9.53 Å². The smallest absolute Gasteiger partial charge is 0.351 e. The van der Waals surface area contributed by atoms with Crippen molar-refractivity contribution in [2.75, 3.05) is 0 Å². The van der Waals surface area contributed by atoms with E-state index in [0.717, 1.165) is 15.4 Å². The van der Waals surface area contributed by atoms with Crippen LogP contribution in [0.3, 0.4) is 0 Å². The molecule has 7 heteroatoms. The highest BCUT2D eigenvalue weighted by Crippen LogP contribution is 2.13. The zero-order valence-electron chi connectivity index (χ0n) is 10.4. The van der Waals surface area contributed by atoms with Crippen molar-refractivity contribution in [2.45, 2.75) is 6.92 Å². The van der Waals surface area contributed by atoms with Gasteiger partial charge in [0, 0.05) is 14.0 Å². The van der Waals surface area contributed by atoms with Crippen LogP contribution in [-0.4, -0.2) is 20.3 Å². The molecule has 7 nitrogen and oxygen atoms in total. The number of carbonyl (C=O) groups is 1. The monoisotopic (exact) mass is 261 g/mol. The summed E-state index contributed by atoms with van der Waals surface area (Å²) in [4.78, 5) is 33.8. The van der Waals surface area contributed by atoms with E-state index in [4.69, 9.17) is 4.74 Å². The number of aromatic nitrogens is 3. The van der Waals surface area contributed by atoms with Crippen LogP contribution >= 0.6 is 0 Å². The van der Waals surface area contributed by atoms with Crippen LogP contribution in [0.25, 0.3) is 5.69 Å². The van der Waals surface area contributed by atoms with Crippen LogP contribution in [0, 0.1) is 0 Å². The Bertz CT molecular complexity index is 728. The molecule has 19 heavy (non-hydrogen) atoms. The Morgan fingerprint density at radius 3 is 2.42 bits per heavy atom. The number of benzene rings is 1. The highest BCUT2D eigenvalue weighted by molar-refractivity contribution is 5.69. The molecule has 0 saturated heterocycles. The van der Waals surface area contributed by atoms with E-state index in [1.54, 1.807) is 12.1 Å². The van der Waals surface area contributed by atoms with Crippen LogP contribution in [0.15, 0.2) is 40.1 Å². The summed E-state index contributed by atoms with van der Waals surface area (Å²) in [7, 11) is 1.37. The summed E-state index contributed by atoms with van der Waals surface area (Å²) in [6.07, 6.45) is 1.06. The van der Waals surface area contributed by atoms with E-state index in [0.29, 0.717) is 11.4 Å². The van der Waals surface area contributed by atoms with Crippen LogP contribution < -0.4 is 16.0 Å². The third kappa shape index (κ3) is 2.59. The van der Waals surface area contributed by atoms with Gasteiger partial charge in [-0.1, -0.05) is 0 Å². The van der Waals surface area contributed by atoms with Gasteiger partial charge in [-0.15, -0.1) is 0 Å². The van der Waals surface area contributed by atoms with Gasteiger partial charge in [0.2, 0.25) is 0 Å². The van der Waals surface area contributed by atoms with E-state index in [2.05, 4.69) is 5.10 Å². The lowest BCUT2D eigenvalue weighted by Crippen LogP contribution is -2.38. The molecule has 98 valence electrons. The zero-order valence-corrected chi connectivity index (χ0v) is 10.4. The molecular weight excluding hydrogens is 250 g/mol. The molecule has 1 aromatic heterocycles. The molecule has 0 amide bonds. The van der Waals surface area contributed by atoms with E-state index in [1.165, 1.54) is 26.1 Å². The van der Waals surface area contributed by atoms with Gasteiger partial charge in [-0.25, -0.2) is 4.79 Å². The molecule has 2 rings (SSSR count). The molecule has 0 N–H and O–H groups in total. The van der Waals surface area contributed by atoms with E-state index in [-0.39, 0.29) is 0 Å². The first-order valence-electron chi connectivity index (χ1n) is 5.43. The normalized spacial score (nSPS) is 10.2. The minimum absolute atomic E-state index is 0.370. The summed E-state index contributed by atoms with van der Waals surface area (Å²) in [6.45, 7) is 1.30. The van der Waals surface area contributed by atoms with Crippen LogP contribution in [0.5, 0.6) is 5.75 Å². The Balaban J connectivity index is 2.43. The average molecular weight is 261 g/mol. The molecule has 0 aliphatic heterocycles. The Morgan fingerprint density at radius 2 is 1.84 bits per heavy atom. The second-order valence-electron chi connectivity index (χ2n) is 3.82. The minimum atomic E-state index is -0.548. The van der Waals surface area contributed by atoms with Crippen molar-refractivity contribution in [3.8, 4) is 11.4 Å². The zero-order chi connectivity index (χ0) is 14.0. The topological polar surface area (TPSA) is 83.2 Å². The summed E-state index contributed by atoms with van der Waals surface area (Å²) in [5.74, 6) is -0.0562. The van der Waals surface area contributed by atoms with Crippen LogP contribution in [0.2, 0.25) is 0 Å². The van der Waals surface area contributed by atoms with Gasteiger partial charge in [0.25, 0.3) is 5.56 Å². The predicted octanol–water partition coefficient (Wildman–Crippen LogP) is -0.144. The second-order valence-corrected chi connectivity index (χ2v) is 3.82. The molecule has 0 radical (unpaired) electrons. The molecule has 0 spiro atoms. The highest BCUT2D eigenvalue weighted by atomic mass is 16.5. The third-order valence-electron chi connectivity index (χ3n) is 2.43. The highest BCUT2D eigenvalue weighted by Gasteiger charge is 2.05. The SMILES string of the molecule is CC(=O)Oc1ccc(-n2ncc(=O)n(C)c2=O)cc1. The van der Waals surface area contributed by atoms with Crippen LogP contribution in [-0.2, 0) is 11.8 Å². The standard InChI is InChI=1S/C12H11N3O4/c1-8(16)19-10-5-3-9(4-6-10)15-12(18)14(2)11(17)7-13-15/h3-7H,1-2H3. The molecule has 0 aliphatic rings. The minimum Gasteiger partial charge on any atom is -0.427 e. The average Bonchev–Trinajstić information content (AvgIpc) is 2.37. The van der Waals surface area contributed by atoms with Crippen LogP contribution in [0.4, 0.5) is 0 Å². The van der Waals surface area contributed by atoms with Crippen molar-refractivity contribution in [2.24, 2.45) is 7.05 Å². The van der Waals surface area contributed by atoms with Crippen molar-refractivity contribution in [1.82, 2.24) is 14.3 Å². The summed E-state index contributed by atoms with van der Waals surface area (Å²) in [5.41, 5.74) is -0.554. The molecule has 0 atom stereocenters. The summed E-state index contributed by atoms with van der Waals surface area (Å²) in [6, 6.07) is 6.21. The maximum atomic E-state index is 11.8. The first-order chi connectivity index (χ1) is 8.99. The Morgan fingerprint density at radius 1 is 1.21 bits per heavy atom. The molecule has 1 aromatic carbocycles. The number of ether oxygens (including phenoxy) is 1. The lowest BCUT2D eigenvalue weighted by atomic mass is 10.3. The quantitative estimate of drug-likeness (QED) is 0.555. The maximum Gasteiger partial charge on any atom is 0.351 e. The van der Waals surface area contributed by atoms with E-state index < -0.39 is 17.2 Å².